The second kappa shape index (κ2) is 7.87. The first-order valence-corrected chi connectivity index (χ1v) is 8.76. The highest BCUT2D eigenvalue weighted by atomic mass is 32.2. The van der Waals surface area contributed by atoms with Gasteiger partial charge in [-0.2, -0.15) is 8.42 Å². The summed E-state index contributed by atoms with van der Waals surface area (Å²) >= 11 is 0. The molecule has 2 aromatic carbocycles. The summed E-state index contributed by atoms with van der Waals surface area (Å²) < 4.78 is 39.7. The molecule has 8 nitrogen and oxygen atoms in total. The molecule has 0 fully saturated rings. The number of esters is 1. The zero-order valence-electron chi connectivity index (χ0n) is 14.3. The number of ether oxygens (including phenoxy) is 2. The third kappa shape index (κ3) is 4.51. The van der Waals surface area contributed by atoms with E-state index in [9.17, 15) is 18.0 Å². The van der Waals surface area contributed by atoms with Gasteiger partial charge in [0.2, 0.25) is 5.91 Å². The largest absolute Gasteiger partial charge is 0.495 e. The minimum atomic E-state index is -4.20. The molecule has 9 heteroatoms. The summed E-state index contributed by atoms with van der Waals surface area (Å²) in [7, 11) is -1.60. The van der Waals surface area contributed by atoms with Crippen LogP contribution in [0.3, 0.4) is 0 Å². The highest BCUT2D eigenvalue weighted by Crippen LogP contribution is 2.29. The van der Waals surface area contributed by atoms with Crippen LogP contribution in [0.4, 0.5) is 5.69 Å². The molecule has 138 valence electrons. The summed E-state index contributed by atoms with van der Waals surface area (Å²) in [6.45, 7) is 1.29. The van der Waals surface area contributed by atoms with Crippen molar-refractivity contribution in [3.05, 3.63) is 48.0 Å². The standard InChI is InChI=1S/C17H17NO7S/c1-11(19)18-15-10-14(7-8-16(15)23-2)26(21,22)25-13-6-4-5-12(9-13)17(20)24-3/h4-10H,1-3H3,(H,18,19). The summed E-state index contributed by atoms with van der Waals surface area (Å²) in [6, 6.07) is 9.47. The molecule has 0 spiro atoms. The monoisotopic (exact) mass is 379 g/mol. The molecule has 0 aromatic heterocycles. The van der Waals surface area contributed by atoms with Crippen molar-refractivity contribution in [2.45, 2.75) is 11.8 Å². The van der Waals surface area contributed by atoms with Gasteiger partial charge < -0.3 is 19.0 Å². The maximum Gasteiger partial charge on any atom is 0.339 e. The van der Waals surface area contributed by atoms with E-state index in [0.29, 0.717) is 5.75 Å². The zero-order chi connectivity index (χ0) is 19.3. The molecule has 0 atom stereocenters. The van der Waals surface area contributed by atoms with Gasteiger partial charge >= 0.3 is 16.1 Å². The van der Waals surface area contributed by atoms with Crippen molar-refractivity contribution in [2.24, 2.45) is 0 Å². The lowest BCUT2D eigenvalue weighted by atomic mass is 10.2. The number of benzene rings is 2. The molecular weight excluding hydrogens is 362 g/mol. The molecule has 26 heavy (non-hydrogen) atoms. The number of carbonyl (C=O) groups is 2. The van der Waals surface area contributed by atoms with Gasteiger partial charge in [-0.05, 0) is 36.4 Å². The molecule has 0 saturated carbocycles. The van der Waals surface area contributed by atoms with E-state index in [-0.39, 0.29) is 27.8 Å². The highest BCUT2D eigenvalue weighted by Gasteiger charge is 2.20. The maximum absolute atomic E-state index is 12.5. The van der Waals surface area contributed by atoms with Crippen molar-refractivity contribution in [3.63, 3.8) is 0 Å². The van der Waals surface area contributed by atoms with E-state index >= 15 is 0 Å². The lowest BCUT2D eigenvalue weighted by Crippen LogP contribution is -2.12. The van der Waals surface area contributed by atoms with Crippen LogP contribution < -0.4 is 14.2 Å². The van der Waals surface area contributed by atoms with Crippen LogP contribution in [0.5, 0.6) is 11.5 Å². The van der Waals surface area contributed by atoms with Gasteiger partial charge in [0, 0.05) is 6.92 Å². The van der Waals surface area contributed by atoms with E-state index < -0.39 is 16.1 Å². The number of rotatable bonds is 6. The predicted molar refractivity (Wildman–Crippen MR) is 92.9 cm³/mol. The van der Waals surface area contributed by atoms with E-state index in [4.69, 9.17) is 8.92 Å². The summed E-state index contributed by atoms with van der Waals surface area (Å²) in [5, 5.41) is 2.49. The Morgan fingerprint density at radius 1 is 1.04 bits per heavy atom. The van der Waals surface area contributed by atoms with Gasteiger partial charge in [0.05, 0.1) is 25.5 Å². The Hall–Kier alpha value is -3.07. The van der Waals surface area contributed by atoms with Gasteiger partial charge in [0.15, 0.2) is 0 Å². The molecule has 0 aliphatic heterocycles. The smallest absolute Gasteiger partial charge is 0.339 e. The normalized spacial score (nSPS) is 10.7. The molecule has 0 radical (unpaired) electrons. The lowest BCUT2D eigenvalue weighted by Gasteiger charge is -2.12. The summed E-state index contributed by atoms with van der Waals surface area (Å²) in [5.74, 6) is -0.758. The van der Waals surface area contributed by atoms with Gasteiger partial charge in [0.1, 0.15) is 16.4 Å². The molecular formula is C17H17NO7S. The average molecular weight is 379 g/mol. The Balaban J connectivity index is 2.36. The van der Waals surface area contributed by atoms with E-state index in [1.54, 1.807) is 0 Å². The highest BCUT2D eigenvalue weighted by molar-refractivity contribution is 7.87. The molecule has 0 unspecified atom stereocenters. The van der Waals surface area contributed by atoms with Crippen molar-refractivity contribution in [1.82, 2.24) is 0 Å². The van der Waals surface area contributed by atoms with E-state index in [2.05, 4.69) is 10.1 Å². The fourth-order valence-electron chi connectivity index (χ4n) is 2.10. The quantitative estimate of drug-likeness (QED) is 0.605. The Kier molecular flexibility index (Phi) is 5.83. The molecule has 2 rings (SSSR count). The molecule has 0 aliphatic carbocycles. The first-order valence-electron chi connectivity index (χ1n) is 7.35. The second-order valence-electron chi connectivity index (χ2n) is 5.10. The number of anilines is 1. The van der Waals surface area contributed by atoms with Crippen molar-refractivity contribution >= 4 is 27.7 Å². The molecule has 0 heterocycles. The summed E-state index contributed by atoms with van der Waals surface area (Å²) in [5.41, 5.74) is 0.335. The molecule has 2 aromatic rings. The number of nitrogens with one attached hydrogen (secondary N) is 1. The van der Waals surface area contributed by atoms with Crippen molar-refractivity contribution in [2.75, 3.05) is 19.5 Å². The zero-order valence-corrected chi connectivity index (χ0v) is 15.1. The van der Waals surface area contributed by atoms with Gasteiger partial charge in [-0.15, -0.1) is 0 Å². The van der Waals surface area contributed by atoms with E-state index in [1.807, 2.05) is 0 Å². The number of carbonyl (C=O) groups excluding carboxylic acids is 2. The van der Waals surface area contributed by atoms with Gasteiger partial charge in [-0.1, -0.05) is 6.07 Å². The van der Waals surface area contributed by atoms with Crippen LogP contribution in [-0.2, 0) is 19.6 Å². The van der Waals surface area contributed by atoms with Crippen LogP contribution in [0.1, 0.15) is 17.3 Å². The van der Waals surface area contributed by atoms with Crippen LogP contribution in [0.25, 0.3) is 0 Å². The number of amides is 1. The first kappa shape index (κ1) is 19.3. The topological polar surface area (TPSA) is 108 Å². The summed E-state index contributed by atoms with van der Waals surface area (Å²) in [6.07, 6.45) is 0. The molecule has 0 saturated heterocycles. The molecule has 1 N–H and O–H groups in total. The van der Waals surface area contributed by atoms with Gasteiger partial charge in [-0.3, -0.25) is 4.79 Å². The molecule has 1 amide bonds. The SMILES string of the molecule is COC(=O)c1cccc(OS(=O)(=O)c2ccc(OC)c(NC(C)=O)c2)c1. The first-order chi connectivity index (χ1) is 12.3. The number of hydrogen-bond acceptors (Lipinski definition) is 7. The lowest BCUT2D eigenvalue weighted by molar-refractivity contribution is -0.114. The van der Waals surface area contributed by atoms with Gasteiger partial charge in [0.25, 0.3) is 0 Å². The Bertz CT molecular complexity index is 938. The van der Waals surface area contributed by atoms with Crippen LogP contribution in [-0.4, -0.2) is 34.5 Å². The van der Waals surface area contributed by atoms with Gasteiger partial charge in [-0.25, -0.2) is 4.79 Å². The third-order valence-electron chi connectivity index (χ3n) is 3.23. The van der Waals surface area contributed by atoms with Crippen LogP contribution in [0, 0.1) is 0 Å². The summed E-state index contributed by atoms with van der Waals surface area (Å²) in [4.78, 5) is 22.6. The number of hydrogen-bond donors (Lipinski definition) is 1. The Morgan fingerprint density at radius 3 is 2.38 bits per heavy atom. The van der Waals surface area contributed by atoms with Crippen LogP contribution >= 0.6 is 0 Å². The van der Waals surface area contributed by atoms with Crippen molar-refractivity contribution in [1.29, 1.82) is 0 Å². The molecule has 0 bridgehead atoms. The van der Waals surface area contributed by atoms with Crippen LogP contribution in [0.15, 0.2) is 47.4 Å². The van der Waals surface area contributed by atoms with E-state index in [0.717, 1.165) is 0 Å². The second-order valence-corrected chi connectivity index (χ2v) is 6.65. The minimum Gasteiger partial charge on any atom is -0.495 e. The third-order valence-corrected chi connectivity index (χ3v) is 4.47. The Labute approximate surface area is 150 Å². The average Bonchev–Trinajstić information content (AvgIpc) is 2.60. The van der Waals surface area contributed by atoms with E-state index in [1.165, 1.54) is 63.6 Å². The minimum absolute atomic E-state index is 0.0511. The predicted octanol–water partition coefficient (Wildman–Crippen LogP) is 2.21. The van der Waals surface area contributed by atoms with Crippen LogP contribution in [0.2, 0.25) is 0 Å². The fourth-order valence-corrected chi connectivity index (χ4v) is 3.05. The maximum atomic E-state index is 12.5. The van der Waals surface area contributed by atoms with Crippen molar-refractivity contribution in [3.8, 4) is 11.5 Å². The number of methoxy groups -OCH3 is 2. The Morgan fingerprint density at radius 2 is 1.77 bits per heavy atom. The van der Waals surface area contributed by atoms with Crippen molar-refractivity contribution < 1.29 is 31.7 Å². The molecule has 0 aliphatic rings. The fraction of sp³-hybridized carbons (Fsp3) is 0.176.